The van der Waals surface area contributed by atoms with Gasteiger partial charge in [-0.3, -0.25) is 4.79 Å². The van der Waals surface area contributed by atoms with Crippen LogP contribution in [0.1, 0.15) is 16.1 Å². The van der Waals surface area contributed by atoms with E-state index in [0.717, 1.165) is 0 Å². The number of anilines is 1. The van der Waals surface area contributed by atoms with Crippen LogP contribution in [0.15, 0.2) is 18.2 Å². The van der Waals surface area contributed by atoms with Crippen molar-refractivity contribution in [2.45, 2.75) is 6.42 Å². The SMILES string of the molecule is COc1cc(CC(=O)O)nc2c(N(C)C)ccc(C(=O)O)c12. The van der Waals surface area contributed by atoms with Gasteiger partial charge in [-0.05, 0) is 12.1 Å². The summed E-state index contributed by atoms with van der Waals surface area (Å²) in [4.78, 5) is 28.5. The van der Waals surface area contributed by atoms with Crippen molar-refractivity contribution in [1.82, 2.24) is 4.98 Å². The minimum atomic E-state index is -1.10. The average molecular weight is 304 g/mol. The number of hydrogen-bond donors (Lipinski definition) is 2. The van der Waals surface area contributed by atoms with Crippen molar-refractivity contribution in [2.24, 2.45) is 0 Å². The molecule has 2 aromatic rings. The van der Waals surface area contributed by atoms with E-state index in [1.54, 1.807) is 25.1 Å². The molecule has 0 aliphatic carbocycles. The zero-order chi connectivity index (χ0) is 16.4. The van der Waals surface area contributed by atoms with E-state index in [2.05, 4.69) is 4.98 Å². The summed E-state index contributed by atoms with van der Waals surface area (Å²) in [6.07, 6.45) is -0.267. The van der Waals surface area contributed by atoms with E-state index in [1.807, 2.05) is 0 Å². The molecule has 0 bridgehead atoms. The zero-order valence-electron chi connectivity index (χ0n) is 12.5. The number of aliphatic carboxylic acids is 1. The van der Waals surface area contributed by atoms with E-state index in [4.69, 9.17) is 9.84 Å². The van der Waals surface area contributed by atoms with Crippen molar-refractivity contribution in [3.63, 3.8) is 0 Å². The highest BCUT2D eigenvalue weighted by Gasteiger charge is 2.19. The Balaban J connectivity index is 2.88. The number of aromatic carboxylic acids is 1. The first-order valence-corrected chi connectivity index (χ1v) is 6.48. The number of methoxy groups -OCH3 is 1. The van der Waals surface area contributed by atoms with Gasteiger partial charge in [0.25, 0.3) is 0 Å². The van der Waals surface area contributed by atoms with Crippen molar-refractivity contribution in [1.29, 1.82) is 0 Å². The molecule has 0 aliphatic heterocycles. The molecule has 7 heteroatoms. The molecule has 0 atom stereocenters. The monoisotopic (exact) mass is 304 g/mol. The second-order valence-corrected chi connectivity index (χ2v) is 4.94. The molecular weight excluding hydrogens is 288 g/mol. The fourth-order valence-electron chi connectivity index (χ4n) is 2.29. The first-order chi connectivity index (χ1) is 10.3. The molecule has 0 radical (unpaired) electrons. The summed E-state index contributed by atoms with van der Waals surface area (Å²) in [7, 11) is 5.01. The summed E-state index contributed by atoms with van der Waals surface area (Å²) in [6, 6.07) is 4.59. The normalized spacial score (nSPS) is 10.5. The zero-order valence-corrected chi connectivity index (χ0v) is 12.5. The Hall–Kier alpha value is -2.83. The largest absolute Gasteiger partial charge is 0.496 e. The number of carbonyl (C=O) groups is 2. The van der Waals surface area contributed by atoms with Crippen LogP contribution in [0.25, 0.3) is 10.9 Å². The molecule has 116 valence electrons. The molecule has 2 N–H and O–H groups in total. The average Bonchev–Trinajstić information content (AvgIpc) is 2.43. The lowest BCUT2D eigenvalue weighted by molar-refractivity contribution is -0.136. The number of nitrogens with zero attached hydrogens (tertiary/aromatic N) is 2. The Morgan fingerprint density at radius 2 is 1.95 bits per heavy atom. The smallest absolute Gasteiger partial charge is 0.336 e. The molecule has 0 saturated heterocycles. The number of rotatable bonds is 5. The van der Waals surface area contributed by atoms with E-state index in [9.17, 15) is 14.7 Å². The predicted molar refractivity (Wildman–Crippen MR) is 80.9 cm³/mol. The number of hydrogen-bond acceptors (Lipinski definition) is 5. The van der Waals surface area contributed by atoms with Crippen LogP contribution in [0.5, 0.6) is 5.75 Å². The quantitative estimate of drug-likeness (QED) is 0.866. The predicted octanol–water partition coefficient (Wildman–Crippen LogP) is 1.63. The minimum Gasteiger partial charge on any atom is -0.496 e. The highest BCUT2D eigenvalue weighted by molar-refractivity contribution is 6.09. The fourth-order valence-corrected chi connectivity index (χ4v) is 2.29. The lowest BCUT2D eigenvalue weighted by Crippen LogP contribution is -2.12. The Morgan fingerprint density at radius 3 is 2.45 bits per heavy atom. The molecular formula is C15H16N2O5. The number of fused-ring (bicyclic) bond motifs is 1. The van der Waals surface area contributed by atoms with E-state index in [0.29, 0.717) is 28.0 Å². The van der Waals surface area contributed by atoms with Gasteiger partial charge < -0.3 is 19.8 Å². The summed E-state index contributed by atoms with van der Waals surface area (Å²) < 4.78 is 5.26. The lowest BCUT2D eigenvalue weighted by Gasteiger charge is -2.18. The summed E-state index contributed by atoms with van der Waals surface area (Å²) in [6.45, 7) is 0. The molecule has 7 nitrogen and oxygen atoms in total. The number of carboxylic acid groups (broad SMARTS) is 2. The van der Waals surface area contributed by atoms with Gasteiger partial charge in [0.15, 0.2) is 0 Å². The van der Waals surface area contributed by atoms with Gasteiger partial charge in [0.1, 0.15) is 5.75 Å². The summed E-state index contributed by atoms with van der Waals surface area (Å²) >= 11 is 0. The molecule has 0 unspecified atom stereocenters. The van der Waals surface area contributed by atoms with Crippen LogP contribution in [0.2, 0.25) is 0 Å². The van der Waals surface area contributed by atoms with E-state index in [1.165, 1.54) is 19.2 Å². The van der Waals surface area contributed by atoms with Gasteiger partial charge in [-0.2, -0.15) is 0 Å². The fraction of sp³-hybridized carbons (Fsp3) is 0.267. The molecule has 22 heavy (non-hydrogen) atoms. The van der Waals surface area contributed by atoms with Crippen LogP contribution in [0.4, 0.5) is 5.69 Å². The Kier molecular flexibility index (Phi) is 4.16. The number of aromatic nitrogens is 1. The van der Waals surface area contributed by atoms with E-state index < -0.39 is 11.9 Å². The van der Waals surface area contributed by atoms with Crippen molar-refractivity contribution in [2.75, 3.05) is 26.1 Å². The van der Waals surface area contributed by atoms with Crippen LogP contribution in [-0.2, 0) is 11.2 Å². The van der Waals surface area contributed by atoms with Gasteiger partial charge >= 0.3 is 11.9 Å². The van der Waals surface area contributed by atoms with Crippen molar-refractivity contribution < 1.29 is 24.5 Å². The van der Waals surface area contributed by atoms with Gasteiger partial charge in [-0.15, -0.1) is 0 Å². The summed E-state index contributed by atoms with van der Waals surface area (Å²) in [5.41, 5.74) is 1.46. The van der Waals surface area contributed by atoms with Gasteiger partial charge in [0, 0.05) is 20.2 Å². The first kappa shape index (κ1) is 15.6. The molecule has 0 amide bonds. The van der Waals surface area contributed by atoms with Crippen molar-refractivity contribution in [3.05, 3.63) is 29.5 Å². The van der Waals surface area contributed by atoms with Gasteiger partial charge in [0.2, 0.25) is 0 Å². The topological polar surface area (TPSA) is 100.0 Å². The summed E-state index contributed by atoms with van der Waals surface area (Å²) in [5, 5.41) is 18.7. The number of ether oxygens (including phenoxy) is 1. The Morgan fingerprint density at radius 1 is 1.27 bits per heavy atom. The van der Waals surface area contributed by atoms with Crippen LogP contribution >= 0.6 is 0 Å². The third-order valence-electron chi connectivity index (χ3n) is 3.22. The minimum absolute atomic E-state index is 0.0619. The van der Waals surface area contributed by atoms with Crippen LogP contribution < -0.4 is 9.64 Å². The molecule has 0 fully saturated rings. The van der Waals surface area contributed by atoms with Crippen LogP contribution in [-0.4, -0.2) is 48.3 Å². The standard InChI is InChI=1S/C15H16N2O5/c1-17(2)10-5-4-9(15(20)21)13-11(22-3)6-8(7-12(18)19)16-14(10)13/h4-6H,7H2,1-3H3,(H,18,19)(H,20,21). The Labute approximate surface area is 126 Å². The molecule has 1 aromatic carbocycles. The maximum Gasteiger partial charge on any atom is 0.336 e. The van der Waals surface area contributed by atoms with Gasteiger partial charge in [0.05, 0.1) is 41.4 Å². The maximum atomic E-state index is 11.4. The first-order valence-electron chi connectivity index (χ1n) is 6.48. The summed E-state index contributed by atoms with van der Waals surface area (Å²) in [5.74, 6) is -1.82. The van der Waals surface area contributed by atoms with Crippen molar-refractivity contribution >= 4 is 28.5 Å². The van der Waals surface area contributed by atoms with E-state index >= 15 is 0 Å². The van der Waals surface area contributed by atoms with Gasteiger partial charge in [-0.25, -0.2) is 9.78 Å². The van der Waals surface area contributed by atoms with Gasteiger partial charge in [-0.1, -0.05) is 0 Å². The maximum absolute atomic E-state index is 11.4. The van der Waals surface area contributed by atoms with E-state index in [-0.39, 0.29) is 12.0 Å². The lowest BCUT2D eigenvalue weighted by atomic mass is 10.0. The number of benzene rings is 1. The van der Waals surface area contributed by atoms with Crippen molar-refractivity contribution in [3.8, 4) is 5.75 Å². The second-order valence-electron chi connectivity index (χ2n) is 4.94. The molecule has 1 aromatic heterocycles. The van der Waals surface area contributed by atoms with Crippen LogP contribution in [0, 0.1) is 0 Å². The third kappa shape index (κ3) is 2.78. The number of pyridine rings is 1. The second kappa shape index (κ2) is 5.88. The Bertz CT molecular complexity index is 755. The molecule has 0 spiro atoms. The molecule has 1 heterocycles. The highest BCUT2D eigenvalue weighted by atomic mass is 16.5. The number of carboxylic acids is 2. The highest BCUT2D eigenvalue weighted by Crippen LogP contribution is 2.34. The molecule has 0 saturated carbocycles. The molecule has 0 aliphatic rings. The van der Waals surface area contributed by atoms with Crippen LogP contribution in [0.3, 0.4) is 0 Å². The molecule has 2 rings (SSSR count). The third-order valence-corrected chi connectivity index (χ3v) is 3.22.